The first-order valence-corrected chi connectivity index (χ1v) is 4.17. The van der Waals surface area contributed by atoms with Gasteiger partial charge in [0.05, 0.1) is 17.8 Å². The summed E-state index contributed by atoms with van der Waals surface area (Å²) in [5.41, 5.74) is 2.09. The maximum absolute atomic E-state index is 10.4. The van der Waals surface area contributed by atoms with Crippen LogP contribution in [0.4, 0.5) is 5.69 Å². The third kappa shape index (κ3) is 1.10. The number of benzene rings is 1. The molecule has 1 aliphatic heterocycles. The number of nitrogens with zero attached hydrogens (tertiary/aromatic N) is 1. The maximum atomic E-state index is 10.4. The van der Waals surface area contributed by atoms with Gasteiger partial charge in [0.1, 0.15) is 5.71 Å². The van der Waals surface area contributed by atoms with Crippen LogP contribution in [0.5, 0.6) is 0 Å². The second-order valence-electron chi connectivity index (χ2n) is 2.28. The molecule has 0 aliphatic carbocycles. The van der Waals surface area contributed by atoms with Gasteiger partial charge in [0, 0.05) is 5.56 Å². The SMILES string of the molecule is O=[C]C1=NSNc2ccccc21. The summed E-state index contributed by atoms with van der Waals surface area (Å²) in [6.07, 6.45) is 1.80. The van der Waals surface area contributed by atoms with Crippen molar-refractivity contribution in [2.45, 2.75) is 0 Å². The van der Waals surface area contributed by atoms with E-state index in [9.17, 15) is 4.79 Å². The number of anilines is 1. The number of para-hydroxylation sites is 1. The molecule has 0 saturated carbocycles. The van der Waals surface area contributed by atoms with Crippen LogP contribution in [0.25, 0.3) is 0 Å². The quantitative estimate of drug-likeness (QED) is 0.662. The Morgan fingerprint density at radius 3 is 3.08 bits per heavy atom. The fourth-order valence-electron chi connectivity index (χ4n) is 1.02. The highest BCUT2D eigenvalue weighted by Gasteiger charge is 2.12. The van der Waals surface area contributed by atoms with Crippen LogP contribution in [-0.4, -0.2) is 12.0 Å². The van der Waals surface area contributed by atoms with E-state index in [0.29, 0.717) is 5.71 Å². The van der Waals surface area contributed by atoms with E-state index < -0.39 is 0 Å². The lowest BCUT2D eigenvalue weighted by Gasteiger charge is -2.12. The summed E-state index contributed by atoms with van der Waals surface area (Å²) in [7, 11) is 0. The Labute approximate surface area is 74.2 Å². The summed E-state index contributed by atoms with van der Waals surface area (Å²) in [5, 5.41) is 0. The Balaban J connectivity index is 2.55. The number of carbonyl (C=O) groups excluding carboxylic acids is 1. The zero-order valence-corrected chi connectivity index (χ0v) is 6.89. The van der Waals surface area contributed by atoms with E-state index >= 15 is 0 Å². The van der Waals surface area contributed by atoms with Gasteiger partial charge in [-0.25, -0.2) is 0 Å². The van der Waals surface area contributed by atoms with Gasteiger partial charge in [0.15, 0.2) is 0 Å². The first kappa shape index (κ1) is 7.36. The average Bonchev–Trinajstić information content (AvgIpc) is 2.17. The molecule has 0 unspecified atom stereocenters. The molecule has 0 fully saturated rings. The Hall–Kier alpha value is -1.29. The third-order valence-electron chi connectivity index (χ3n) is 1.57. The van der Waals surface area contributed by atoms with Gasteiger partial charge < -0.3 is 4.72 Å². The summed E-state index contributed by atoms with van der Waals surface area (Å²) >= 11 is 1.15. The third-order valence-corrected chi connectivity index (χ3v) is 2.16. The van der Waals surface area contributed by atoms with E-state index in [1.54, 1.807) is 6.29 Å². The van der Waals surface area contributed by atoms with Crippen LogP contribution in [0.15, 0.2) is 28.7 Å². The van der Waals surface area contributed by atoms with Crippen molar-refractivity contribution < 1.29 is 4.79 Å². The molecule has 0 aromatic heterocycles. The first-order valence-electron chi connectivity index (χ1n) is 3.39. The Morgan fingerprint density at radius 1 is 1.42 bits per heavy atom. The van der Waals surface area contributed by atoms with Crippen LogP contribution >= 0.6 is 12.1 Å². The van der Waals surface area contributed by atoms with Crippen molar-refractivity contribution in [2.24, 2.45) is 4.40 Å². The molecule has 0 amide bonds. The van der Waals surface area contributed by atoms with Crippen molar-refractivity contribution >= 4 is 29.8 Å². The van der Waals surface area contributed by atoms with Gasteiger partial charge in [-0.3, -0.25) is 4.79 Å². The van der Waals surface area contributed by atoms with Crippen LogP contribution in [-0.2, 0) is 4.79 Å². The number of nitrogens with one attached hydrogen (secondary N) is 1. The van der Waals surface area contributed by atoms with Crippen molar-refractivity contribution in [3.63, 3.8) is 0 Å². The Morgan fingerprint density at radius 2 is 2.25 bits per heavy atom. The minimum Gasteiger partial charge on any atom is -0.310 e. The summed E-state index contributed by atoms with van der Waals surface area (Å²) in [4.78, 5) is 10.4. The predicted octanol–water partition coefficient (Wildman–Crippen LogP) is 1.57. The van der Waals surface area contributed by atoms with Gasteiger partial charge in [-0.05, 0) is 6.07 Å². The monoisotopic (exact) mass is 177 g/mol. The second kappa shape index (κ2) is 2.98. The highest BCUT2D eigenvalue weighted by atomic mass is 32.2. The maximum Gasteiger partial charge on any atom is 0.254 e. The zero-order valence-electron chi connectivity index (χ0n) is 6.07. The van der Waals surface area contributed by atoms with Crippen LogP contribution < -0.4 is 4.72 Å². The molecule has 1 aromatic carbocycles. The van der Waals surface area contributed by atoms with Crippen molar-refractivity contribution in [3.8, 4) is 0 Å². The minimum atomic E-state index is 0.370. The number of fused-ring (bicyclic) bond motifs is 1. The molecule has 0 spiro atoms. The molecule has 1 aliphatic rings. The second-order valence-corrected chi connectivity index (χ2v) is 2.85. The molecule has 0 bridgehead atoms. The Bertz CT molecular complexity index is 349. The summed E-state index contributed by atoms with van der Waals surface area (Å²) in [6.45, 7) is 0. The van der Waals surface area contributed by atoms with E-state index in [1.807, 2.05) is 24.3 Å². The summed E-state index contributed by atoms with van der Waals surface area (Å²) in [5.74, 6) is 0. The summed E-state index contributed by atoms with van der Waals surface area (Å²) in [6, 6.07) is 7.50. The molecule has 3 nitrogen and oxygen atoms in total. The molecule has 1 radical (unpaired) electrons. The van der Waals surface area contributed by atoms with Crippen molar-refractivity contribution in [2.75, 3.05) is 4.72 Å². The normalized spacial score (nSPS) is 14.2. The zero-order chi connectivity index (χ0) is 8.39. The van der Waals surface area contributed by atoms with Gasteiger partial charge >= 0.3 is 0 Å². The number of hydrogen-bond acceptors (Lipinski definition) is 4. The van der Waals surface area contributed by atoms with E-state index in [2.05, 4.69) is 9.12 Å². The molecule has 1 heterocycles. The molecule has 59 valence electrons. The molecule has 0 saturated heterocycles. The molecule has 1 N–H and O–H groups in total. The highest BCUT2D eigenvalue weighted by Crippen LogP contribution is 2.24. The largest absolute Gasteiger partial charge is 0.310 e. The van der Waals surface area contributed by atoms with Crippen molar-refractivity contribution in [1.29, 1.82) is 0 Å². The standard InChI is InChI=1S/C8H5N2OS/c11-5-8-6-3-1-2-4-7(6)9-12-10-8/h1-4,9H. The lowest BCUT2D eigenvalue weighted by Crippen LogP contribution is -2.08. The van der Waals surface area contributed by atoms with Gasteiger partial charge in [0.2, 0.25) is 0 Å². The molecule has 12 heavy (non-hydrogen) atoms. The molecular weight excluding hydrogens is 172 g/mol. The summed E-state index contributed by atoms with van der Waals surface area (Å²) < 4.78 is 6.87. The van der Waals surface area contributed by atoms with Gasteiger partial charge in [0.25, 0.3) is 6.29 Å². The van der Waals surface area contributed by atoms with Crippen LogP contribution in [0.2, 0.25) is 0 Å². The van der Waals surface area contributed by atoms with Crippen LogP contribution in [0.1, 0.15) is 5.56 Å². The van der Waals surface area contributed by atoms with Crippen LogP contribution in [0, 0.1) is 0 Å². The van der Waals surface area contributed by atoms with Crippen molar-refractivity contribution in [1.82, 2.24) is 0 Å². The lowest BCUT2D eigenvalue weighted by atomic mass is 10.1. The van der Waals surface area contributed by atoms with E-state index in [4.69, 9.17) is 0 Å². The van der Waals surface area contributed by atoms with Gasteiger partial charge in [-0.2, -0.15) is 4.40 Å². The molecule has 4 heteroatoms. The van der Waals surface area contributed by atoms with E-state index in [1.165, 1.54) is 0 Å². The fourth-order valence-corrected chi connectivity index (χ4v) is 1.57. The highest BCUT2D eigenvalue weighted by molar-refractivity contribution is 7.99. The van der Waals surface area contributed by atoms with Crippen molar-refractivity contribution in [3.05, 3.63) is 29.8 Å². The van der Waals surface area contributed by atoms with Gasteiger partial charge in [-0.15, -0.1) is 0 Å². The molecule has 0 atom stereocenters. The number of rotatable bonds is 1. The topological polar surface area (TPSA) is 41.5 Å². The average molecular weight is 177 g/mol. The van der Waals surface area contributed by atoms with E-state index in [-0.39, 0.29) is 0 Å². The first-order chi connectivity index (χ1) is 5.92. The molecular formula is C8H5N2OS. The van der Waals surface area contributed by atoms with Crippen LogP contribution in [0.3, 0.4) is 0 Å². The fraction of sp³-hybridized carbons (Fsp3) is 0. The molecule has 1 aromatic rings. The lowest BCUT2D eigenvalue weighted by molar-refractivity contribution is 0.567. The molecule has 2 rings (SSSR count). The minimum absolute atomic E-state index is 0.370. The smallest absolute Gasteiger partial charge is 0.254 e. The Kier molecular flexibility index (Phi) is 1.83. The van der Waals surface area contributed by atoms with E-state index in [0.717, 1.165) is 23.4 Å². The predicted molar refractivity (Wildman–Crippen MR) is 49.9 cm³/mol. The van der Waals surface area contributed by atoms with Gasteiger partial charge in [-0.1, -0.05) is 18.2 Å². The number of hydrogen-bond donors (Lipinski definition) is 1.